The van der Waals surface area contributed by atoms with Crippen LogP contribution >= 0.6 is 11.6 Å². The van der Waals surface area contributed by atoms with E-state index in [1.807, 2.05) is 6.07 Å². The first kappa shape index (κ1) is 15.0. The van der Waals surface area contributed by atoms with Crippen molar-refractivity contribution in [3.8, 4) is 0 Å². The second kappa shape index (κ2) is 6.87. The van der Waals surface area contributed by atoms with E-state index in [9.17, 15) is 4.39 Å². The second-order valence-electron chi connectivity index (χ2n) is 5.20. The minimum atomic E-state index is -0.380. The van der Waals surface area contributed by atoms with Crippen molar-refractivity contribution in [2.24, 2.45) is 5.73 Å². The first-order valence-corrected chi connectivity index (χ1v) is 7.18. The summed E-state index contributed by atoms with van der Waals surface area (Å²) in [5, 5.41) is 0.193. The number of nitrogens with two attached hydrogens (primary N) is 1. The molecule has 0 aromatic heterocycles. The van der Waals surface area contributed by atoms with E-state index in [0.717, 1.165) is 18.4 Å². The number of aryl methyl sites for hydroxylation is 2. The molecule has 2 aromatic rings. The molecule has 2 N–H and O–H groups in total. The standard InChI is InChI=1S/C17H19ClFN/c1-12-5-7-13(8-6-12)9-10-15(20)11-14-3-2-4-16(19)17(14)18/h2-8,15H,9-11,20H2,1H3. The van der Waals surface area contributed by atoms with Gasteiger partial charge in [-0.1, -0.05) is 53.6 Å². The molecule has 0 aliphatic carbocycles. The fraction of sp³-hybridized carbons (Fsp3) is 0.294. The lowest BCUT2D eigenvalue weighted by molar-refractivity contribution is 0.599. The molecule has 1 nitrogen and oxygen atoms in total. The Labute approximate surface area is 124 Å². The average molecular weight is 292 g/mol. The highest BCUT2D eigenvalue weighted by Crippen LogP contribution is 2.21. The zero-order valence-corrected chi connectivity index (χ0v) is 12.3. The molecule has 0 aliphatic rings. The van der Waals surface area contributed by atoms with Crippen molar-refractivity contribution in [3.05, 3.63) is 70.0 Å². The molecule has 1 unspecified atom stereocenters. The molecule has 0 fully saturated rings. The van der Waals surface area contributed by atoms with Crippen LogP contribution in [0.2, 0.25) is 5.02 Å². The van der Waals surface area contributed by atoms with Crippen molar-refractivity contribution in [3.63, 3.8) is 0 Å². The van der Waals surface area contributed by atoms with Crippen LogP contribution in [0.4, 0.5) is 4.39 Å². The van der Waals surface area contributed by atoms with E-state index >= 15 is 0 Å². The van der Waals surface area contributed by atoms with Crippen molar-refractivity contribution in [2.45, 2.75) is 32.2 Å². The van der Waals surface area contributed by atoms with Gasteiger partial charge in [-0.2, -0.15) is 0 Å². The summed E-state index contributed by atoms with van der Waals surface area (Å²) in [5.41, 5.74) is 9.43. The van der Waals surface area contributed by atoms with Gasteiger partial charge in [0.15, 0.2) is 0 Å². The Morgan fingerprint density at radius 1 is 1.15 bits per heavy atom. The SMILES string of the molecule is Cc1ccc(CCC(N)Cc2cccc(F)c2Cl)cc1. The molecule has 2 rings (SSSR count). The number of benzene rings is 2. The topological polar surface area (TPSA) is 26.0 Å². The highest BCUT2D eigenvalue weighted by molar-refractivity contribution is 6.31. The van der Waals surface area contributed by atoms with Gasteiger partial charge >= 0.3 is 0 Å². The zero-order valence-electron chi connectivity index (χ0n) is 11.6. The number of rotatable bonds is 5. The van der Waals surface area contributed by atoms with Gasteiger partial charge in [-0.15, -0.1) is 0 Å². The monoisotopic (exact) mass is 291 g/mol. The maximum absolute atomic E-state index is 13.3. The third-order valence-electron chi connectivity index (χ3n) is 3.44. The largest absolute Gasteiger partial charge is 0.327 e. The Kier molecular flexibility index (Phi) is 5.16. The minimum absolute atomic E-state index is 0.0180. The third kappa shape index (κ3) is 4.06. The molecule has 0 spiro atoms. The van der Waals surface area contributed by atoms with Crippen molar-refractivity contribution >= 4 is 11.6 Å². The first-order valence-electron chi connectivity index (χ1n) is 6.80. The summed E-state index contributed by atoms with van der Waals surface area (Å²) in [4.78, 5) is 0. The van der Waals surface area contributed by atoms with E-state index in [1.54, 1.807) is 6.07 Å². The van der Waals surface area contributed by atoms with Gasteiger partial charge in [0.1, 0.15) is 5.82 Å². The Morgan fingerprint density at radius 2 is 1.85 bits per heavy atom. The molecule has 106 valence electrons. The molecule has 0 amide bonds. The molecule has 0 bridgehead atoms. The average Bonchev–Trinajstić information content (AvgIpc) is 2.43. The van der Waals surface area contributed by atoms with Gasteiger partial charge in [-0.3, -0.25) is 0 Å². The van der Waals surface area contributed by atoms with Gasteiger partial charge in [0.25, 0.3) is 0 Å². The summed E-state index contributed by atoms with van der Waals surface area (Å²) in [6.07, 6.45) is 2.38. The van der Waals surface area contributed by atoms with Crippen LogP contribution in [0.1, 0.15) is 23.1 Å². The molecule has 1 atom stereocenters. The van der Waals surface area contributed by atoms with E-state index in [4.69, 9.17) is 17.3 Å². The lowest BCUT2D eigenvalue weighted by atomic mass is 9.99. The quantitative estimate of drug-likeness (QED) is 0.874. The van der Waals surface area contributed by atoms with E-state index in [-0.39, 0.29) is 16.9 Å². The highest BCUT2D eigenvalue weighted by Gasteiger charge is 2.10. The van der Waals surface area contributed by atoms with Crippen molar-refractivity contribution in [1.29, 1.82) is 0 Å². The molecular weight excluding hydrogens is 273 g/mol. The molecule has 0 saturated heterocycles. The van der Waals surface area contributed by atoms with Gasteiger partial charge in [0.2, 0.25) is 0 Å². The molecule has 20 heavy (non-hydrogen) atoms. The van der Waals surface area contributed by atoms with Crippen LogP contribution in [0.5, 0.6) is 0 Å². The van der Waals surface area contributed by atoms with Crippen LogP contribution in [-0.2, 0) is 12.8 Å². The predicted molar refractivity (Wildman–Crippen MR) is 82.6 cm³/mol. The van der Waals surface area contributed by atoms with Crippen LogP contribution in [0, 0.1) is 12.7 Å². The normalized spacial score (nSPS) is 12.4. The van der Waals surface area contributed by atoms with Crippen LogP contribution in [0.25, 0.3) is 0 Å². The van der Waals surface area contributed by atoms with Crippen molar-refractivity contribution in [2.75, 3.05) is 0 Å². The van der Waals surface area contributed by atoms with Crippen LogP contribution in [0.15, 0.2) is 42.5 Å². The fourth-order valence-electron chi connectivity index (χ4n) is 2.20. The Balaban J connectivity index is 1.91. The summed E-state index contributed by atoms with van der Waals surface area (Å²) < 4.78 is 13.3. The van der Waals surface area contributed by atoms with E-state index in [0.29, 0.717) is 6.42 Å². The molecule has 0 aliphatic heterocycles. The van der Waals surface area contributed by atoms with Crippen molar-refractivity contribution in [1.82, 2.24) is 0 Å². The Bertz CT molecular complexity index is 566. The third-order valence-corrected chi connectivity index (χ3v) is 3.86. The molecular formula is C17H19ClFN. The highest BCUT2D eigenvalue weighted by atomic mass is 35.5. The summed E-state index contributed by atoms with van der Waals surface area (Å²) in [6.45, 7) is 2.07. The number of hydrogen-bond acceptors (Lipinski definition) is 1. The van der Waals surface area contributed by atoms with Gasteiger partial charge in [0.05, 0.1) is 5.02 Å². The Morgan fingerprint density at radius 3 is 2.55 bits per heavy atom. The molecule has 0 radical (unpaired) electrons. The summed E-state index contributed by atoms with van der Waals surface area (Å²) in [7, 11) is 0. The molecule has 2 aromatic carbocycles. The van der Waals surface area contributed by atoms with Gasteiger partial charge < -0.3 is 5.73 Å². The van der Waals surface area contributed by atoms with Gasteiger partial charge in [-0.05, 0) is 43.4 Å². The predicted octanol–water partition coefficient (Wildman–Crippen LogP) is 4.29. The summed E-state index contributed by atoms with van der Waals surface area (Å²) in [6, 6.07) is 13.3. The molecule has 3 heteroatoms. The van der Waals surface area contributed by atoms with E-state index < -0.39 is 0 Å². The first-order chi connectivity index (χ1) is 9.56. The fourth-order valence-corrected chi connectivity index (χ4v) is 2.40. The van der Waals surface area contributed by atoms with E-state index in [1.165, 1.54) is 17.2 Å². The van der Waals surface area contributed by atoms with Crippen LogP contribution in [-0.4, -0.2) is 6.04 Å². The van der Waals surface area contributed by atoms with Crippen LogP contribution < -0.4 is 5.73 Å². The number of hydrogen-bond donors (Lipinski definition) is 1. The minimum Gasteiger partial charge on any atom is -0.327 e. The maximum Gasteiger partial charge on any atom is 0.142 e. The maximum atomic E-state index is 13.3. The number of halogens is 2. The Hall–Kier alpha value is -1.38. The van der Waals surface area contributed by atoms with Gasteiger partial charge in [0, 0.05) is 6.04 Å². The van der Waals surface area contributed by atoms with Crippen LogP contribution in [0.3, 0.4) is 0 Å². The van der Waals surface area contributed by atoms with Gasteiger partial charge in [-0.25, -0.2) is 4.39 Å². The molecule has 0 heterocycles. The zero-order chi connectivity index (χ0) is 14.5. The molecule has 0 saturated carbocycles. The smallest absolute Gasteiger partial charge is 0.142 e. The van der Waals surface area contributed by atoms with E-state index in [2.05, 4.69) is 31.2 Å². The van der Waals surface area contributed by atoms with Crippen molar-refractivity contribution < 1.29 is 4.39 Å². The lowest BCUT2D eigenvalue weighted by Crippen LogP contribution is -2.23. The second-order valence-corrected chi connectivity index (χ2v) is 5.58. The summed E-state index contributed by atoms with van der Waals surface area (Å²) >= 11 is 5.94. The summed E-state index contributed by atoms with van der Waals surface area (Å²) in [5.74, 6) is -0.380. The lowest BCUT2D eigenvalue weighted by Gasteiger charge is -2.13.